The molecule has 13 heteroatoms. The van der Waals surface area contributed by atoms with Crippen LogP contribution in [0.3, 0.4) is 0 Å². The fraction of sp³-hybridized carbons (Fsp3) is 0.400. The summed E-state index contributed by atoms with van der Waals surface area (Å²) in [6.45, 7) is 7.52. The highest BCUT2D eigenvalue weighted by Gasteiger charge is 2.20. The molecule has 2 aromatic heterocycles. The average Bonchev–Trinajstić information content (AvgIpc) is 3.59. The van der Waals surface area contributed by atoms with Crippen LogP contribution in [-0.4, -0.2) is 78.9 Å². The predicted octanol–water partition coefficient (Wildman–Crippen LogP) is 4.79. The van der Waals surface area contributed by atoms with E-state index in [1.54, 1.807) is 54.8 Å². The minimum Gasteiger partial charge on any atom is -0.454 e. The van der Waals surface area contributed by atoms with Crippen LogP contribution in [0.25, 0.3) is 0 Å². The molecule has 1 aliphatic heterocycles. The van der Waals surface area contributed by atoms with Crippen LogP contribution in [0, 0.1) is 0 Å². The number of nitrogens with one attached hydrogen (secondary N) is 3. The highest BCUT2D eigenvalue weighted by atomic mass is 32.1. The summed E-state index contributed by atoms with van der Waals surface area (Å²) >= 11 is 1.33. The van der Waals surface area contributed by atoms with E-state index >= 15 is 0 Å². The van der Waals surface area contributed by atoms with Crippen LogP contribution in [0.4, 0.5) is 21.0 Å². The Morgan fingerprint density at radius 2 is 1.70 bits per heavy atom. The maximum atomic E-state index is 13.1. The lowest BCUT2D eigenvalue weighted by molar-refractivity contribution is 0.0635. The number of nitrogens with zero attached hydrogens (tertiary/aromatic N) is 3. The van der Waals surface area contributed by atoms with Gasteiger partial charge in [0.1, 0.15) is 11.3 Å². The standard InChI is InChI=1S/C30H38N6O6S/c1-30(2,3)42-29(39)34-24-18-43-17-23(24)33-27(37)22-8-6-21(15-32-22)16-36(13-12-35(4)5)28(38)31-11-10-20-7-9-25-26(14-20)41-19-40-25/h6-9,14-15,17-18H,10-13,16,19H2,1-5H3,(H,31,38)(H,33,37)(H,34,39). The van der Waals surface area contributed by atoms with Gasteiger partial charge in [-0.25, -0.2) is 9.59 Å². The molecule has 4 amide bonds. The van der Waals surface area contributed by atoms with Crippen LogP contribution in [0.1, 0.15) is 42.4 Å². The molecule has 0 radical (unpaired) electrons. The smallest absolute Gasteiger partial charge is 0.412 e. The van der Waals surface area contributed by atoms with Gasteiger partial charge in [-0.1, -0.05) is 12.1 Å². The summed E-state index contributed by atoms with van der Waals surface area (Å²) < 4.78 is 16.1. The van der Waals surface area contributed by atoms with Crippen molar-refractivity contribution in [2.75, 3.05) is 51.2 Å². The zero-order valence-electron chi connectivity index (χ0n) is 25.1. The third-order valence-electron chi connectivity index (χ3n) is 6.21. The van der Waals surface area contributed by atoms with Crippen molar-refractivity contribution >= 4 is 40.7 Å². The topological polar surface area (TPSA) is 134 Å². The van der Waals surface area contributed by atoms with Crippen molar-refractivity contribution in [1.29, 1.82) is 0 Å². The van der Waals surface area contributed by atoms with E-state index in [0.717, 1.165) is 16.9 Å². The van der Waals surface area contributed by atoms with Gasteiger partial charge in [-0.15, -0.1) is 11.3 Å². The van der Waals surface area contributed by atoms with Gasteiger partial charge in [-0.05, 0) is 70.6 Å². The van der Waals surface area contributed by atoms with E-state index in [1.165, 1.54) is 11.3 Å². The maximum absolute atomic E-state index is 13.1. The number of amides is 4. The fourth-order valence-corrected chi connectivity index (χ4v) is 4.77. The summed E-state index contributed by atoms with van der Waals surface area (Å²) in [5.74, 6) is 1.02. The predicted molar refractivity (Wildman–Crippen MR) is 165 cm³/mol. The minimum atomic E-state index is -0.647. The van der Waals surface area contributed by atoms with Gasteiger partial charge in [0.2, 0.25) is 6.79 Å². The number of anilines is 2. The van der Waals surface area contributed by atoms with Crippen LogP contribution >= 0.6 is 11.3 Å². The first-order chi connectivity index (χ1) is 20.5. The molecule has 43 heavy (non-hydrogen) atoms. The van der Waals surface area contributed by atoms with Crippen molar-refractivity contribution in [2.45, 2.75) is 39.3 Å². The molecule has 3 heterocycles. The minimum absolute atomic E-state index is 0.188. The largest absolute Gasteiger partial charge is 0.454 e. The van der Waals surface area contributed by atoms with Gasteiger partial charge in [0.25, 0.3) is 5.91 Å². The van der Waals surface area contributed by atoms with E-state index in [1.807, 2.05) is 37.2 Å². The molecule has 3 N–H and O–H groups in total. The van der Waals surface area contributed by atoms with Gasteiger partial charge in [0.05, 0.1) is 11.4 Å². The molecule has 0 aliphatic carbocycles. The number of hydrogen-bond donors (Lipinski definition) is 3. The number of rotatable bonds is 11. The summed E-state index contributed by atoms with van der Waals surface area (Å²) in [5, 5.41) is 11.9. The number of carbonyl (C=O) groups excluding carboxylic acids is 3. The second kappa shape index (κ2) is 14.2. The summed E-state index contributed by atoms with van der Waals surface area (Å²) in [7, 11) is 3.90. The van der Waals surface area contributed by atoms with Crippen molar-refractivity contribution in [3.05, 3.63) is 64.1 Å². The Balaban J connectivity index is 1.32. The van der Waals surface area contributed by atoms with E-state index in [4.69, 9.17) is 14.2 Å². The zero-order chi connectivity index (χ0) is 31.0. The van der Waals surface area contributed by atoms with E-state index < -0.39 is 17.6 Å². The Hall–Kier alpha value is -4.36. The second-order valence-corrected chi connectivity index (χ2v) is 12.0. The molecule has 0 fully saturated rings. The van der Waals surface area contributed by atoms with Crippen molar-refractivity contribution in [3.8, 4) is 11.5 Å². The summed E-state index contributed by atoms with van der Waals surface area (Å²) in [6.07, 6.45) is 1.62. The number of ether oxygens (including phenoxy) is 3. The van der Waals surface area contributed by atoms with Crippen LogP contribution in [0.2, 0.25) is 0 Å². The van der Waals surface area contributed by atoms with Gasteiger partial charge >= 0.3 is 12.1 Å². The van der Waals surface area contributed by atoms with E-state index in [2.05, 4.69) is 20.9 Å². The lowest BCUT2D eigenvalue weighted by Gasteiger charge is -2.25. The molecule has 0 spiro atoms. The van der Waals surface area contributed by atoms with Crippen molar-refractivity contribution in [1.82, 2.24) is 20.1 Å². The quantitative estimate of drug-likeness (QED) is 0.282. The first-order valence-corrected chi connectivity index (χ1v) is 14.8. The summed E-state index contributed by atoms with van der Waals surface area (Å²) in [4.78, 5) is 46.2. The van der Waals surface area contributed by atoms with Crippen molar-refractivity contribution < 1.29 is 28.6 Å². The number of carbonyl (C=O) groups is 3. The lowest BCUT2D eigenvalue weighted by Crippen LogP contribution is -2.43. The third kappa shape index (κ3) is 9.58. The SMILES string of the molecule is CN(C)CCN(Cc1ccc(C(=O)Nc2cscc2NC(=O)OC(C)(C)C)nc1)C(=O)NCCc1ccc2c(c1)OCO2. The number of hydrogen-bond acceptors (Lipinski definition) is 9. The van der Waals surface area contributed by atoms with E-state index in [9.17, 15) is 14.4 Å². The molecule has 12 nitrogen and oxygen atoms in total. The number of fused-ring (bicyclic) bond motifs is 1. The van der Waals surface area contributed by atoms with Crippen molar-refractivity contribution in [2.24, 2.45) is 0 Å². The third-order valence-corrected chi connectivity index (χ3v) is 6.95. The van der Waals surface area contributed by atoms with Crippen LogP contribution in [-0.2, 0) is 17.7 Å². The molecule has 3 aromatic rings. The molecular weight excluding hydrogens is 572 g/mol. The molecular formula is C30H38N6O6S. The molecule has 0 saturated carbocycles. The van der Waals surface area contributed by atoms with Crippen LogP contribution < -0.4 is 25.4 Å². The first-order valence-electron chi connectivity index (χ1n) is 13.9. The highest BCUT2D eigenvalue weighted by Crippen LogP contribution is 2.32. The summed E-state index contributed by atoms with van der Waals surface area (Å²) in [6, 6.07) is 8.96. The van der Waals surface area contributed by atoms with Crippen LogP contribution in [0.15, 0.2) is 47.3 Å². The van der Waals surface area contributed by atoms with Gasteiger partial charge < -0.3 is 34.6 Å². The van der Waals surface area contributed by atoms with Gasteiger partial charge in [-0.3, -0.25) is 15.1 Å². The fourth-order valence-electron chi connectivity index (χ4n) is 4.06. The van der Waals surface area contributed by atoms with Gasteiger partial charge in [0.15, 0.2) is 11.5 Å². The highest BCUT2D eigenvalue weighted by molar-refractivity contribution is 7.09. The van der Waals surface area contributed by atoms with Crippen LogP contribution in [0.5, 0.6) is 11.5 Å². The van der Waals surface area contributed by atoms with Gasteiger partial charge in [-0.2, -0.15) is 0 Å². The monoisotopic (exact) mass is 610 g/mol. The van der Waals surface area contributed by atoms with Gasteiger partial charge in [0, 0.05) is 43.1 Å². The number of thiophene rings is 1. The number of urea groups is 1. The van der Waals surface area contributed by atoms with E-state index in [0.29, 0.717) is 49.7 Å². The van der Waals surface area contributed by atoms with Crippen molar-refractivity contribution in [3.63, 3.8) is 0 Å². The molecule has 230 valence electrons. The normalized spacial score (nSPS) is 12.1. The molecule has 0 bridgehead atoms. The molecule has 4 rings (SSSR count). The molecule has 1 aliphatic rings. The number of likely N-dealkylation sites (N-methyl/N-ethyl adjacent to an activating group) is 1. The molecule has 0 saturated heterocycles. The Labute approximate surface area is 255 Å². The number of benzene rings is 1. The molecule has 0 unspecified atom stereocenters. The maximum Gasteiger partial charge on any atom is 0.412 e. The Morgan fingerprint density at radius 1 is 0.977 bits per heavy atom. The number of pyridine rings is 1. The first kappa shape index (κ1) is 31.6. The average molecular weight is 611 g/mol. The second-order valence-electron chi connectivity index (χ2n) is 11.2. The lowest BCUT2D eigenvalue weighted by atomic mass is 10.1. The zero-order valence-corrected chi connectivity index (χ0v) is 25.9. The number of aromatic nitrogens is 1. The summed E-state index contributed by atoms with van der Waals surface area (Å²) in [5.41, 5.74) is 2.25. The Kier molecular flexibility index (Phi) is 10.4. The molecule has 1 aromatic carbocycles. The Morgan fingerprint density at radius 3 is 2.40 bits per heavy atom. The van der Waals surface area contributed by atoms with E-state index in [-0.39, 0.29) is 18.5 Å². The Bertz CT molecular complexity index is 1420. The molecule has 0 atom stereocenters.